The van der Waals surface area contributed by atoms with Gasteiger partial charge < -0.3 is 14.6 Å². The number of sulfonamides is 1. The van der Waals surface area contributed by atoms with E-state index in [1.807, 2.05) is 0 Å². The van der Waals surface area contributed by atoms with Crippen LogP contribution in [0.1, 0.15) is 15.9 Å². The Labute approximate surface area is 132 Å². The van der Waals surface area contributed by atoms with Crippen LogP contribution in [-0.2, 0) is 16.6 Å². The number of hydrogen-bond acceptors (Lipinski definition) is 5. The van der Waals surface area contributed by atoms with E-state index in [1.54, 1.807) is 24.3 Å². The van der Waals surface area contributed by atoms with Gasteiger partial charge in [-0.15, -0.1) is 0 Å². The van der Waals surface area contributed by atoms with Gasteiger partial charge in [0.05, 0.1) is 13.1 Å². The van der Waals surface area contributed by atoms with Crippen LogP contribution in [0.15, 0.2) is 47.4 Å². The van der Waals surface area contributed by atoms with E-state index >= 15 is 0 Å². The molecule has 0 atom stereocenters. The molecule has 0 fully saturated rings. The van der Waals surface area contributed by atoms with Crippen molar-refractivity contribution in [2.75, 3.05) is 7.11 Å². The van der Waals surface area contributed by atoms with Crippen LogP contribution in [0.4, 0.5) is 4.39 Å². The van der Waals surface area contributed by atoms with Crippen LogP contribution in [0.2, 0.25) is 0 Å². The van der Waals surface area contributed by atoms with Crippen molar-refractivity contribution in [3.8, 4) is 5.75 Å². The Bertz CT molecular complexity index is 836. The number of rotatable bonds is 6. The molecule has 0 heterocycles. The quantitative estimate of drug-likeness (QED) is 0.835. The van der Waals surface area contributed by atoms with Gasteiger partial charge in [0, 0.05) is 6.54 Å². The largest absolute Gasteiger partial charge is 0.545 e. The third-order valence-corrected chi connectivity index (χ3v) is 4.47. The molecule has 2 rings (SSSR count). The first-order valence-electron chi connectivity index (χ1n) is 6.47. The molecule has 1 N–H and O–H groups in total. The molecule has 0 saturated carbocycles. The highest BCUT2D eigenvalue weighted by atomic mass is 32.2. The average Bonchev–Trinajstić information content (AvgIpc) is 2.53. The van der Waals surface area contributed by atoms with E-state index in [0.717, 1.165) is 18.2 Å². The molecular weight excluding hydrogens is 325 g/mol. The standard InChI is InChI=1S/C15H14FNO5S/c1-22-12-4-2-3-10(7-12)9-17-23(20,21)14-8-11(15(18)19)5-6-13(14)16/h2-8,17H,9H2,1H3,(H,18,19)/p-1. The van der Waals surface area contributed by atoms with Gasteiger partial charge in [0.2, 0.25) is 10.0 Å². The molecule has 2 aromatic rings. The second-order valence-electron chi connectivity index (χ2n) is 4.61. The second-order valence-corrected chi connectivity index (χ2v) is 6.34. The summed E-state index contributed by atoms with van der Waals surface area (Å²) in [5, 5.41) is 10.8. The molecule has 0 amide bonds. The number of carboxylic acids is 1. The van der Waals surface area contributed by atoms with E-state index in [0.29, 0.717) is 11.3 Å². The molecule has 0 unspecified atom stereocenters. The van der Waals surface area contributed by atoms with Gasteiger partial charge in [-0.3, -0.25) is 0 Å². The molecule has 0 aromatic heterocycles. The molecule has 8 heteroatoms. The maximum atomic E-state index is 13.7. The fourth-order valence-corrected chi connectivity index (χ4v) is 2.99. The number of aromatic carboxylic acids is 1. The smallest absolute Gasteiger partial charge is 0.243 e. The van der Waals surface area contributed by atoms with Gasteiger partial charge in [-0.1, -0.05) is 18.2 Å². The highest BCUT2D eigenvalue weighted by Gasteiger charge is 2.19. The number of halogens is 1. The molecule has 0 aliphatic rings. The summed E-state index contributed by atoms with van der Waals surface area (Å²) in [5.74, 6) is -2.09. The summed E-state index contributed by atoms with van der Waals surface area (Å²) in [4.78, 5) is 10.0. The minimum absolute atomic E-state index is 0.103. The molecule has 6 nitrogen and oxygen atoms in total. The lowest BCUT2D eigenvalue weighted by Gasteiger charge is -2.10. The molecule has 122 valence electrons. The van der Waals surface area contributed by atoms with E-state index in [-0.39, 0.29) is 6.54 Å². The van der Waals surface area contributed by atoms with Crippen LogP contribution in [0.3, 0.4) is 0 Å². The van der Waals surface area contributed by atoms with Gasteiger partial charge in [-0.2, -0.15) is 0 Å². The van der Waals surface area contributed by atoms with Gasteiger partial charge in [-0.25, -0.2) is 17.5 Å². The van der Waals surface area contributed by atoms with Gasteiger partial charge in [0.1, 0.15) is 16.5 Å². The number of hydrogen-bond donors (Lipinski definition) is 1. The predicted molar refractivity (Wildman–Crippen MR) is 77.8 cm³/mol. The summed E-state index contributed by atoms with van der Waals surface area (Å²) in [6.07, 6.45) is 0. The van der Waals surface area contributed by atoms with Crippen molar-refractivity contribution >= 4 is 16.0 Å². The number of nitrogens with one attached hydrogen (secondary N) is 1. The van der Waals surface area contributed by atoms with Crippen molar-refractivity contribution in [2.45, 2.75) is 11.4 Å². The van der Waals surface area contributed by atoms with Crippen LogP contribution in [-0.4, -0.2) is 21.5 Å². The summed E-state index contributed by atoms with van der Waals surface area (Å²) in [7, 11) is -2.75. The normalized spacial score (nSPS) is 11.2. The predicted octanol–water partition coefficient (Wildman–Crippen LogP) is 0.676. The fraction of sp³-hybridized carbons (Fsp3) is 0.133. The third-order valence-electron chi connectivity index (χ3n) is 3.06. The van der Waals surface area contributed by atoms with Crippen molar-refractivity contribution in [1.82, 2.24) is 4.72 Å². The Balaban J connectivity index is 2.25. The lowest BCUT2D eigenvalue weighted by atomic mass is 10.2. The number of ether oxygens (including phenoxy) is 1. The summed E-state index contributed by atoms with van der Waals surface area (Å²) < 4.78 is 45.3. The first-order valence-corrected chi connectivity index (χ1v) is 7.95. The van der Waals surface area contributed by atoms with Crippen LogP contribution in [0.25, 0.3) is 0 Å². The van der Waals surface area contributed by atoms with Crippen molar-refractivity contribution < 1.29 is 27.4 Å². The van der Waals surface area contributed by atoms with Gasteiger partial charge in [0.15, 0.2) is 0 Å². The van der Waals surface area contributed by atoms with Gasteiger partial charge >= 0.3 is 0 Å². The maximum Gasteiger partial charge on any atom is 0.243 e. The zero-order valence-corrected chi connectivity index (χ0v) is 12.9. The lowest BCUT2D eigenvalue weighted by Crippen LogP contribution is -2.26. The van der Waals surface area contributed by atoms with E-state index in [2.05, 4.69) is 4.72 Å². The van der Waals surface area contributed by atoms with Gasteiger partial charge in [-0.05, 0) is 35.4 Å². The van der Waals surface area contributed by atoms with Crippen LogP contribution < -0.4 is 14.6 Å². The van der Waals surface area contributed by atoms with E-state index in [9.17, 15) is 22.7 Å². The summed E-state index contributed by atoms with van der Waals surface area (Å²) >= 11 is 0. The molecule has 0 spiro atoms. The van der Waals surface area contributed by atoms with Crippen LogP contribution in [0.5, 0.6) is 5.75 Å². The molecule has 0 bridgehead atoms. The topological polar surface area (TPSA) is 95.5 Å². The molecule has 0 saturated heterocycles. The SMILES string of the molecule is COc1cccc(CNS(=O)(=O)c2cc(C(=O)[O-])ccc2F)c1. The first-order chi connectivity index (χ1) is 10.8. The summed E-state index contributed by atoms with van der Waals surface area (Å²) in [6.45, 7) is -0.103. The average molecular weight is 338 g/mol. The molecule has 0 aliphatic heterocycles. The van der Waals surface area contributed by atoms with E-state index < -0.39 is 32.3 Å². The van der Waals surface area contributed by atoms with Crippen LogP contribution >= 0.6 is 0 Å². The Morgan fingerprint density at radius 1 is 1.26 bits per heavy atom. The number of carbonyl (C=O) groups is 1. The zero-order valence-electron chi connectivity index (χ0n) is 12.1. The molecule has 2 aromatic carbocycles. The van der Waals surface area contributed by atoms with Gasteiger partial charge in [0.25, 0.3) is 0 Å². The Hall–Kier alpha value is -2.45. The highest BCUT2D eigenvalue weighted by molar-refractivity contribution is 7.89. The monoisotopic (exact) mass is 338 g/mol. The molecule has 0 radical (unpaired) electrons. The molecular formula is C15H13FNO5S-. The molecule has 23 heavy (non-hydrogen) atoms. The number of carbonyl (C=O) groups excluding carboxylic acids is 1. The summed E-state index contributed by atoms with van der Waals surface area (Å²) in [6, 6.07) is 9.09. The van der Waals surface area contributed by atoms with Crippen molar-refractivity contribution in [3.63, 3.8) is 0 Å². The maximum absolute atomic E-state index is 13.7. The Morgan fingerprint density at radius 2 is 2.00 bits per heavy atom. The third kappa shape index (κ3) is 4.05. The minimum atomic E-state index is -4.22. The van der Waals surface area contributed by atoms with E-state index in [4.69, 9.17) is 4.74 Å². The Morgan fingerprint density at radius 3 is 2.65 bits per heavy atom. The highest BCUT2D eigenvalue weighted by Crippen LogP contribution is 2.17. The minimum Gasteiger partial charge on any atom is -0.545 e. The van der Waals surface area contributed by atoms with Crippen LogP contribution in [0, 0.1) is 5.82 Å². The number of carboxylic acid groups (broad SMARTS) is 1. The number of methoxy groups -OCH3 is 1. The lowest BCUT2D eigenvalue weighted by molar-refractivity contribution is -0.255. The second kappa shape index (κ2) is 6.76. The summed E-state index contributed by atoms with van der Waals surface area (Å²) in [5.41, 5.74) is 0.178. The van der Waals surface area contributed by atoms with Crippen molar-refractivity contribution in [2.24, 2.45) is 0 Å². The fourth-order valence-electron chi connectivity index (χ4n) is 1.87. The van der Waals surface area contributed by atoms with E-state index in [1.165, 1.54) is 7.11 Å². The number of benzene rings is 2. The Kier molecular flexibility index (Phi) is 4.97. The van der Waals surface area contributed by atoms with Crippen molar-refractivity contribution in [1.29, 1.82) is 0 Å². The molecule has 0 aliphatic carbocycles. The zero-order chi connectivity index (χ0) is 17.0. The van der Waals surface area contributed by atoms with Crippen molar-refractivity contribution in [3.05, 3.63) is 59.4 Å². The first kappa shape index (κ1) is 16.9.